The Morgan fingerprint density at radius 2 is 0.892 bits per heavy atom. The monoisotopic (exact) mass is 934 g/mol. The molecule has 0 radical (unpaired) electrons. The molecule has 0 aromatic heterocycles. The average Bonchev–Trinajstić information content (AvgIpc) is 3.27. The molecule has 65 heavy (non-hydrogen) atoms. The van der Waals surface area contributed by atoms with Gasteiger partial charge in [-0.3, -0.25) is 9.36 Å². The first kappa shape index (κ1) is 63.2. The van der Waals surface area contributed by atoms with Gasteiger partial charge in [0, 0.05) is 13.0 Å². The van der Waals surface area contributed by atoms with E-state index >= 15 is 0 Å². The van der Waals surface area contributed by atoms with E-state index in [-0.39, 0.29) is 25.8 Å². The molecule has 0 saturated carbocycles. The lowest BCUT2D eigenvalue weighted by Gasteiger charge is -2.28. The quantitative estimate of drug-likeness (QED) is 0.0197. The third-order valence-corrected chi connectivity index (χ3v) is 12.5. The van der Waals surface area contributed by atoms with Gasteiger partial charge in [-0.05, 0) is 57.8 Å². The van der Waals surface area contributed by atoms with E-state index in [0.29, 0.717) is 24.1 Å². The van der Waals surface area contributed by atoms with Crippen LogP contribution in [0.4, 0.5) is 0 Å². The van der Waals surface area contributed by atoms with Crippen molar-refractivity contribution >= 4 is 13.8 Å². The SMILES string of the molecule is CC/C=C\C/C=C\C/C=C\C/C=C\C/C=C\CCCCCCCCCCCC(=O)OC(COCCCCCCCCCCCCCCCCCCCC)COP(=O)([O-])OCC[N+](C)(C)C. The van der Waals surface area contributed by atoms with Crippen LogP contribution in [0.2, 0.25) is 0 Å². The number of esters is 1. The maximum Gasteiger partial charge on any atom is 0.306 e. The van der Waals surface area contributed by atoms with Crippen molar-refractivity contribution in [1.29, 1.82) is 0 Å². The molecule has 2 atom stereocenters. The van der Waals surface area contributed by atoms with Gasteiger partial charge in [-0.1, -0.05) is 229 Å². The van der Waals surface area contributed by atoms with E-state index in [1.165, 1.54) is 141 Å². The molecular formula is C56H104NO7P. The van der Waals surface area contributed by atoms with Crippen LogP contribution in [-0.4, -0.2) is 70.7 Å². The van der Waals surface area contributed by atoms with Gasteiger partial charge in [0.1, 0.15) is 19.3 Å². The van der Waals surface area contributed by atoms with Gasteiger partial charge in [-0.25, -0.2) is 0 Å². The molecule has 0 saturated heterocycles. The largest absolute Gasteiger partial charge is 0.756 e. The minimum atomic E-state index is -4.53. The molecule has 9 heteroatoms. The summed E-state index contributed by atoms with van der Waals surface area (Å²) in [4.78, 5) is 25.2. The summed E-state index contributed by atoms with van der Waals surface area (Å²) in [6, 6.07) is 0. The Balaban J connectivity index is 4.12. The van der Waals surface area contributed by atoms with Crippen molar-refractivity contribution in [3.63, 3.8) is 0 Å². The highest BCUT2D eigenvalue weighted by molar-refractivity contribution is 7.45. The minimum Gasteiger partial charge on any atom is -0.756 e. The number of quaternary nitrogens is 1. The van der Waals surface area contributed by atoms with Crippen LogP contribution in [0.15, 0.2) is 60.8 Å². The van der Waals surface area contributed by atoms with E-state index in [2.05, 4.69) is 74.6 Å². The van der Waals surface area contributed by atoms with E-state index in [1.54, 1.807) is 0 Å². The number of rotatable bonds is 50. The molecule has 2 unspecified atom stereocenters. The number of hydrogen-bond acceptors (Lipinski definition) is 7. The number of hydrogen-bond donors (Lipinski definition) is 0. The van der Waals surface area contributed by atoms with E-state index in [1.807, 2.05) is 21.1 Å². The van der Waals surface area contributed by atoms with Crippen molar-refractivity contribution < 1.29 is 37.3 Å². The van der Waals surface area contributed by atoms with Gasteiger partial charge in [0.2, 0.25) is 0 Å². The highest BCUT2D eigenvalue weighted by atomic mass is 31.2. The zero-order valence-electron chi connectivity index (χ0n) is 43.2. The summed E-state index contributed by atoms with van der Waals surface area (Å²) >= 11 is 0. The van der Waals surface area contributed by atoms with Crippen LogP contribution in [-0.2, 0) is 27.9 Å². The molecule has 0 heterocycles. The standard InChI is InChI=1S/C56H104NO7P/c1-6-8-10-12-14-16-18-20-22-24-26-27-28-29-30-31-32-33-35-37-39-41-43-45-47-49-56(58)64-55(54-63-65(59,60)62-52-50-57(3,4)5)53-61-51-48-46-44-42-40-38-36-34-25-23-21-19-17-15-13-11-9-7-2/h8,10,14,16,20,22,26-27,29-30,55H,6-7,9,11-13,15,17-19,21,23-25,28,31-54H2,1-5H3/b10-8-,16-14-,22-20-,27-26-,30-29-. The summed E-state index contributed by atoms with van der Waals surface area (Å²) in [5.41, 5.74) is 0. The summed E-state index contributed by atoms with van der Waals surface area (Å²) in [5, 5.41) is 0. The van der Waals surface area contributed by atoms with Crippen LogP contribution >= 0.6 is 7.82 Å². The third-order valence-electron chi connectivity index (χ3n) is 11.6. The van der Waals surface area contributed by atoms with Crippen molar-refractivity contribution in [1.82, 2.24) is 0 Å². The highest BCUT2D eigenvalue weighted by Crippen LogP contribution is 2.38. The maximum atomic E-state index is 12.8. The normalized spacial score (nSPS) is 14.0. The first-order chi connectivity index (χ1) is 31.6. The Labute approximate surface area is 402 Å². The lowest BCUT2D eigenvalue weighted by molar-refractivity contribution is -0.870. The molecule has 0 aromatic carbocycles. The summed E-state index contributed by atoms with van der Waals surface area (Å²) in [7, 11) is 1.35. The van der Waals surface area contributed by atoms with E-state index in [9.17, 15) is 14.3 Å². The molecule has 0 bridgehead atoms. The molecule has 0 aromatic rings. The smallest absolute Gasteiger partial charge is 0.306 e. The first-order valence-corrected chi connectivity index (χ1v) is 28.5. The summed E-state index contributed by atoms with van der Waals surface area (Å²) in [6.45, 7) is 5.33. The molecule has 0 fully saturated rings. The second-order valence-electron chi connectivity index (χ2n) is 19.2. The third kappa shape index (κ3) is 53.0. The Kier molecular flexibility index (Phi) is 47.3. The van der Waals surface area contributed by atoms with Crippen molar-refractivity contribution in [2.75, 3.05) is 54.1 Å². The van der Waals surface area contributed by atoms with Crippen LogP contribution < -0.4 is 4.89 Å². The summed E-state index contributed by atoms with van der Waals surface area (Å²) in [6.07, 6.45) is 62.4. The Bertz CT molecular complexity index is 1220. The lowest BCUT2D eigenvalue weighted by atomic mass is 10.0. The molecule has 0 rings (SSSR count). The Morgan fingerprint density at radius 3 is 1.34 bits per heavy atom. The number of nitrogens with zero attached hydrogens (tertiary/aromatic N) is 1. The molecule has 0 N–H and O–H groups in total. The fourth-order valence-electron chi connectivity index (χ4n) is 7.46. The predicted molar refractivity (Wildman–Crippen MR) is 277 cm³/mol. The van der Waals surface area contributed by atoms with Gasteiger partial charge in [-0.15, -0.1) is 0 Å². The van der Waals surface area contributed by atoms with Crippen molar-refractivity contribution in [3.05, 3.63) is 60.8 Å². The van der Waals surface area contributed by atoms with E-state index < -0.39 is 13.9 Å². The molecule has 380 valence electrons. The zero-order chi connectivity index (χ0) is 47.6. The number of unbranched alkanes of at least 4 members (excludes halogenated alkanes) is 26. The van der Waals surface area contributed by atoms with Crippen LogP contribution in [0.3, 0.4) is 0 Å². The molecule has 0 amide bonds. The predicted octanol–water partition coefficient (Wildman–Crippen LogP) is 16.2. The molecule has 0 aliphatic rings. The number of ether oxygens (including phenoxy) is 2. The van der Waals surface area contributed by atoms with Gasteiger partial charge in [0.05, 0.1) is 34.4 Å². The number of likely N-dealkylation sites (N-methyl/N-ethyl adjacent to an activating group) is 1. The van der Waals surface area contributed by atoms with Gasteiger partial charge >= 0.3 is 5.97 Å². The van der Waals surface area contributed by atoms with Crippen molar-refractivity contribution in [2.45, 2.75) is 238 Å². The minimum absolute atomic E-state index is 0.0242. The van der Waals surface area contributed by atoms with Crippen LogP contribution in [0, 0.1) is 0 Å². The molecule has 0 spiro atoms. The first-order valence-electron chi connectivity index (χ1n) is 27.0. The maximum absolute atomic E-state index is 12.8. The van der Waals surface area contributed by atoms with Crippen LogP contribution in [0.1, 0.15) is 232 Å². The van der Waals surface area contributed by atoms with Crippen molar-refractivity contribution in [3.8, 4) is 0 Å². The fourth-order valence-corrected chi connectivity index (χ4v) is 8.19. The van der Waals surface area contributed by atoms with Crippen LogP contribution in [0.25, 0.3) is 0 Å². The highest BCUT2D eigenvalue weighted by Gasteiger charge is 2.20. The Hall–Kier alpha value is -1.80. The van der Waals surface area contributed by atoms with Gasteiger partial charge in [-0.2, -0.15) is 0 Å². The van der Waals surface area contributed by atoms with Gasteiger partial charge in [0.15, 0.2) is 0 Å². The number of carbonyl (C=O) groups excluding carboxylic acids is 1. The molecule has 0 aliphatic heterocycles. The van der Waals surface area contributed by atoms with E-state index in [4.69, 9.17) is 18.5 Å². The molecule has 8 nitrogen and oxygen atoms in total. The lowest BCUT2D eigenvalue weighted by Crippen LogP contribution is -2.37. The summed E-state index contributed by atoms with van der Waals surface area (Å²) in [5.74, 6) is -0.338. The second-order valence-corrected chi connectivity index (χ2v) is 20.6. The second kappa shape index (κ2) is 48.6. The Morgan fingerprint density at radius 1 is 0.492 bits per heavy atom. The van der Waals surface area contributed by atoms with Gasteiger partial charge < -0.3 is 27.9 Å². The van der Waals surface area contributed by atoms with Crippen LogP contribution in [0.5, 0.6) is 0 Å². The average molecular weight is 934 g/mol. The molecular weight excluding hydrogens is 830 g/mol. The molecule has 0 aliphatic carbocycles. The number of carbonyl (C=O) groups is 1. The number of phosphoric acid groups is 1. The number of allylic oxidation sites excluding steroid dienone is 10. The van der Waals surface area contributed by atoms with E-state index in [0.717, 1.165) is 70.6 Å². The summed E-state index contributed by atoms with van der Waals surface area (Å²) < 4.78 is 34.8. The topological polar surface area (TPSA) is 94.1 Å². The zero-order valence-corrected chi connectivity index (χ0v) is 44.1. The van der Waals surface area contributed by atoms with Crippen molar-refractivity contribution in [2.24, 2.45) is 0 Å². The number of phosphoric ester groups is 1. The fraction of sp³-hybridized carbons (Fsp3) is 0.804. The van der Waals surface area contributed by atoms with Gasteiger partial charge in [0.25, 0.3) is 7.82 Å².